The molecule has 0 saturated heterocycles. The van der Waals surface area contributed by atoms with Gasteiger partial charge in [0.15, 0.2) is 5.76 Å². The van der Waals surface area contributed by atoms with Gasteiger partial charge in [-0.15, -0.1) is 0 Å². The third kappa shape index (κ3) is 5.02. The maximum atomic E-state index is 11.8. The van der Waals surface area contributed by atoms with E-state index in [2.05, 4.69) is 5.16 Å². The number of ether oxygens (including phenoxy) is 1. The van der Waals surface area contributed by atoms with Gasteiger partial charge in [0.25, 0.3) is 5.69 Å². The van der Waals surface area contributed by atoms with Crippen molar-refractivity contribution in [3.63, 3.8) is 0 Å². The maximum Gasteiger partial charge on any atom is 0.331 e. The molecule has 0 radical (unpaired) electrons. The summed E-state index contributed by atoms with van der Waals surface area (Å²) < 4.78 is 10.3. The van der Waals surface area contributed by atoms with E-state index in [1.807, 2.05) is 0 Å². The van der Waals surface area contributed by atoms with Crippen LogP contribution in [0.5, 0.6) is 0 Å². The van der Waals surface area contributed by atoms with Crippen molar-refractivity contribution in [1.82, 2.24) is 5.16 Å². The van der Waals surface area contributed by atoms with Gasteiger partial charge < -0.3 is 9.26 Å². The van der Waals surface area contributed by atoms with Crippen molar-refractivity contribution < 1.29 is 19.0 Å². The van der Waals surface area contributed by atoms with E-state index in [0.717, 1.165) is 5.56 Å². The Labute approximate surface area is 159 Å². The summed E-state index contributed by atoms with van der Waals surface area (Å²) >= 11 is 5.84. The van der Waals surface area contributed by atoms with Crippen LogP contribution in [0.3, 0.4) is 0 Å². The monoisotopic (exact) mass is 384 g/mol. The predicted molar refractivity (Wildman–Crippen MR) is 98.9 cm³/mol. The third-order valence-corrected chi connectivity index (χ3v) is 3.82. The summed E-state index contributed by atoms with van der Waals surface area (Å²) in [7, 11) is 0. The van der Waals surface area contributed by atoms with Gasteiger partial charge in [0, 0.05) is 34.9 Å². The first-order valence-electron chi connectivity index (χ1n) is 7.82. The fourth-order valence-corrected chi connectivity index (χ4v) is 2.32. The number of carbonyl (C=O) groups excluding carboxylic acids is 1. The summed E-state index contributed by atoms with van der Waals surface area (Å²) in [6.45, 7) is -0.0411. The highest BCUT2D eigenvalue weighted by molar-refractivity contribution is 6.30. The van der Waals surface area contributed by atoms with Gasteiger partial charge in [-0.25, -0.2) is 4.79 Å². The number of rotatable bonds is 6. The van der Waals surface area contributed by atoms with Crippen molar-refractivity contribution >= 4 is 29.3 Å². The predicted octanol–water partition coefficient (Wildman–Crippen LogP) is 4.66. The maximum absolute atomic E-state index is 11.8. The number of halogens is 1. The molecule has 8 heteroatoms. The molecule has 3 aromatic rings. The molecule has 0 bridgehead atoms. The van der Waals surface area contributed by atoms with Crippen LogP contribution in [-0.4, -0.2) is 16.0 Å². The van der Waals surface area contributed by atoms with Gasteiger partial charge in [-0.2, -0.15) is 0 Å². The minimum atomic E-state index is -0.565. The summed E-state index contributed by atoms with van der Waals surface area (Å²) in [6, 6.07) is 14.5. The van der Waals surface area contributed by atoms with Crippen LogP contribution in [0.15, 0.2) is 65.2 Å². The van der Waals surface area contributed by atoms with Gasteiger partial charge in [0.05, 0.1) is 4.92 Å². The first kappa shape index (κ1) is 18.3. The zero-order chi connectivity index (χ0) is 19.2. The summed E-state index contributed by atoms with van der Waals surface area (Å²) in [6.07, 6.45) is 2.75. The normalized spacial score (nSPS) is 10.9. The quantitative estimate of drug-likeness (QED) is 0.265. The van der Waals surface area contributed by atoms with Crippen LogP contribution >= 0.6 is 11.6 Å². The number of nitro groups is 1. The van der Waals surface area contributed by atoms with Crippen molar-refractivity contribution in [2.75, 3.05) is 0 Å². The molecule has 1 heterocycles. The zero-order valence-electron chi connectivity index (χ0n) is 13.9. The molecular weight excluding hydrogens is 372 g/mol. The first-order chi connectivity index (χ1) is 13.0. The Kier molecular flexibility index (Phi) is 5.63. The number of nitrogens with zero attached hydrogens (tertiary/aromatic N) is 2. The molecule has 0 saturated carbocycles. The third-order valence-electron chi connectivity index (χ3n) is 3.57. The zero-order valence-corrected chi connectivity index (χ0v) is 14.6. The van der Waals surface area contributed by atoms with Crippen LogP contribution in [0.25, 0.3) is 17.4 Å². The second-order valence-electron chi connectivity index (χ2n) is 5.48. The van der Waals surface area contributed by atoms with Gasteiger partial charge in [0.2, 0.25) is 0 Å². The van der Waals surface area contributed by atoms with E-state index in [-0.39, 0.29) is 12.3 Å². The first-order valence-corrected chi connectivity index (χ1v) is 8.20. The van der Waals surface area contributed by atoms with Gasteiger partial charge in [-0.3, -0.25) is 10.1 Å². The van der Waals surface area contributed by atoms with Crippen LogP contribution in [-0.2, 0) is 16.1 Å². The highest BCUT2D eigenvalue weighted by Gasteiger charge is 2.08. The lowest BCUT2D eigenvalue weighted by atomic mass is 10.2. The fourth-order valence-electron chi connectivity index (χ4n) is 2.19. The number of hydrogen-bond donors (Lipinski definition) is 0. The molecule has 0 fully saturated rings. The Morgan fingerprint density at radius 1 is 1.19 bits per heavy atom. The minimum absolute atomic E-state index is 0.0164. The van der Waals surface area contributed by atoms with Gasteiger partial charge >= 0.3 is 5.97 Å². The average molecular weight is 385 g/mol. The molecule has 27 heavy (non-hydrogen) atoms. The lowest BCUT2D eigenvalue weighted by molar-refractivity contribution is -0.384. The molecule has 0 atom stereocenters. The van der Waals surface area contributed by atoms with E-state index < -0.39 is 10.9 Å². The topological polar surface area (TPSA) is 95.5 Å². The Hall–Kier alpha value is -3.45. The molecule has 0 aliphatic rings. The van der Waals surface area contributed by atoms with E-state index in [4.69, 9.17) is 20.9 Å². The molecule has 0 unspecified atom stereocenters. The number of nitro benzene ring substituents is 1. The van der Waals surface area contributed by atoms with Gasteiger partial charge in [-0.1, -0.05) is 16.8 Å². The molecule has 3 rings (SSSR count). The number of non-ortho nitro benzene ring substituents is 1. The van der Waals surface area contributed by atoms with Crippen molar-refractivity contribution in [2.45, 2.75) is 6.61 Å². The largest absolute Gasteiger partial charge is 0.456 e. The number of esters is 1. The molecule has 1 aromatic heterocycles. The van der Waals surface area contributed by atoms with E-state index in [0.29, 0.717) is 22.0 Å². The lowest BCUT2D eigenvalue weighted by Crippen LogP contribution is -2.00. The Morgan fingerprint density at radius 3 is 2.56 bits per heavy atom. The lowest BCUT2D eigenvalue weighted by Gasteiger charge is -1.98. The van der Waals surface area contributed by atoms with Crippen LogP contribution in [0.1, 0.15) is 11.3 Å². The standard InChI is InChI=1S/C19H13ClN2O5/c20-15-6-4-14(5-7-15)18-11-16(21-27-18)12-26-19(23)10-3-13-1-8-17(9-2-13)22(24)25/h1-11H,12H2/b10-3-. The van der Waals surface area contributed by atoms with E-state index >= 15 is 0 Å². The van der Waals surface area contributed by atoms with E-state index in [1.165, 1.54) is 36.4 Å². The van der Waals surface area contributed by atoms with E-state index in [1.54, 1.807) is 30.3 Å². The van der Waals surface area contributed by atoms with Crippen molar-refractivity contribution in [3.05, 3.63) is 87.1 Å². The molecular formula is C19H13ClN2O5. The summed E-state index contributed by atoms with van der Waals surface area (Å²) in [4.78, 5) is 21.9. The van der Waals surface area contributed by atoms with Gasteiger partial charge in [-0.05, 0) is 48.0 Å². The van der Waals surface area contributed by atoms with Gasteiger partial charge in [0.1, 0.15) is 12.3 Å². The minimum Gasteiger partial charge on any atom is -0.456 e. The van der Waals surface area contributed by atoms with E-state index in [9.17, 15) is 14.9 Å². The molecule has 2 aromatic carbocycles. The Morgan fingerprint density at radius 2 is 1.89 bits per heavy atom. The number of aromatic nitrogens is 1. The fraction of sp³-hybridized carbons (Fsp3) is 0.0526. The molecule has 7 nitrogen and oxygen atoms in total. The molecule has 0 amide bonds. The highest BCUT2D eigenvalue weighted by Crippen LogP contribution is 2.22. The molecule has 136 valence electrons. The number of hydrogen-bond acceptors (Lipinski definition) is 6. The summed E-state index contributed by atoms with van der Waals surface area (Å²) in [5.41, 5.74) is 1.90. The molecule has 0 spiro atoms. The molecule has 0 aliphatic carbocycles. The second kappa shape index (κ2) is 8.29. The van der Waals surface area contributed by atoms with Crippen LogP contribution in [0, 0.1) is 10.1 Å². The number of benzene rings is 2. The highest BCUT2D eigenvalue weighted by atomic mass is 35.5. The van der Waals surface area contributed by atoms with Crippen molar-refractivity contribution in [3.8, 4) is 11.3 Å². The summed E-state index contributed by atoms with van der Waals surface area (Å²) in [5.74, 6) is -0.0245. The Bertz CT molecular complexity index is 978. The Balaban J connectivity index is 1.54. The molecule has 0 N–H and O–H groups in total. The average Bonchev–Trinajstić information content (AvgIpc) is 3.14. The second-order valence-corrected chi connectivity index (χ2v) is 5.92. The van der Waals surface area contributed by atoms with Crippen molar-refractivity contribution in [1.29, 1.82) is 0 Å². The smallest absolute Gasteiger partial charge is 0.331 e. The van der Waals surface area contributed by atoms with Crippen LogP contribution in [0.4, 0.5) is 5.69 Å². The van der Waals surface area contributed by atoms with Crippen LogP contribution < -0.4 is 0 Å². The van der Waals surface area contributed by atoms with Crippen LogP contribution in [0.2, 0.25) is 5.02 Å². The van der Waals surface area contributed by atoms with Crippen molar-refractivity contribution in [2.24, 2.45) is 0 Å². The molecule has 0 aliphatic heterocycles. The number of carbonyl (C=O) groups is 1. The summed E-state index contributed by atoms with van der Waals surface area (Å²) in [5, 5.41) is 15.1. The SMILES string of the molecule is O=C(/C=C\c1ccc([N+](=O)[O-])cc1)OCc1cc(-c2ccc(Cl)cc2)on1.